The molecular weight excluding hydrogens is 182 g/mol. The number of rotatable bonds is 1. The summed E-state index contributed by atoms with van der Waals surface area (Å²) in [5, 5.41) is 0. The van der Waals surface area contributed by atoms with Gasteiger partial charge in [-0.15, -0.1) is 0 Å². The number of hydrogen-bond donors (Lipinski definition) is 1. The van der Waals surface area contributed by atoms with Gasteiger partial charge in [-0.3, -0.25) is 0 Å². The van der Waals surface area contributed by atoms with Crippen LogP contribution in [0.3, 0.4) is 0 Å². The predicted octanol–water partition coefficient (Wildman–Crippen LogP) is 2.91. The molecule has 0 bridgehead atoms. The Labute approximate surface area is 91.3 Å². The third kappa shape index (κ3) is 1.88. The van der Waals surface area contributed by atoms with Crippen LogP contribution in [-0.4, -0.2) is 6.04 Å². The summed E-state index contributed by atoms with van der Waals surface area (Å²) in [5.41, 5.74) is 10.0. The maximum absolute atomic E-state index is 6.20. The van der Waals surface area contributed by atoms with Crippen LogP contribution in [0.1, 0.15) is 18.1 Å². The molecule has 0 heterocycles. The second kappa shape index (κ2) is 4.03. The summed E-state index contributed by atoms with van der Waals surface area (Å²) >= 11 is 0. The minimum atomic E-state index is 0.121. The zero-order chi connectivity index (χ0) is 10.8. The molecule has 0 aliphatic heterocycles. The van der Waals surface area contributed by atoms with E-state index in [-0.39, 0.29) is 6.04 Å². The first-order valence-corrected chi connectivity index (χ1v) is 5.40. The first-order chi connectivity index (χ1) is 7.20. The highest BCUT2D eigenvalue weighted by Gasteiger charge is 2.19. The molecule has 1 heteroatoms. The molecule has 1 aromatic rings. The van der Waals surface area contributed by atoms with E-state index in [0.717, 1.165) is 0 Å². The van der Waals surface area contributed by atoms with Crippen LogP contribution in [0.5, 0.6) is 0 Å². The molecule has 0 radical (unpaired) electrons. The average Bonchev–Trinajstić information content (AvgIpc) is 2.23. The SMILES string of the molecule is Cc1ccccc1C1=CC=CC(C)C1N. The van der Waals surface area contributed by atoms with Crippen LogP contribution in [0, 0.1) is 12.8 Å². The molecule has 0 amide bonds. The van der Waals surface area contributed by atoms with E-state index in [1.165, 1.54) is 16.7 Å². The van der Waals surface area contributed by atoms with E-state index in [0.29, 0.717) is 5.92 Å². The lowest BCUT2D eigenvalue weighted by Gasteiger charge is -2.24. The Morgan fingerprint density at radius 1 is 1.20 bits per heavy atom. The van der Waals surface area contributed by atoms with Crippen LogP contribution in [0.25, 0.3) is 5.57 Å². The van der Waals surface area contributed by atoms with Gasteiger partial charge in [-0.25, -0.2) is 0 Å². The van der Waals surface area contributed by atoms with E-state index >= 15 is 0 Å². The summed E-state index contributed by atoms with van der Waals surface area (Å²) in [6.07, 6.45) is 6.40. The smallest absolute Gasteiger partial charge is 0.0362 e. The standard InChI is InChI=1S/C14H17N/c1-10-6-3-4-8-12(10)13-9-5-7-11(2)14(13)15/h3-9,11,14H,15H2,1-2H3. The Morgan fingerprint density at radius 2 is 1.93 bits per heavy atom. The van der Waals surface area contributed by atoms with Crippen LogP contribution in [0.15, 0.2) is 42.5 Å². The molecule has 0 saturated carbocycles. The number of allylic oxidation sites excluding steroid dienone is 2. The Kier molecular flexibility index (Phi) is 2.74. The predicted molar refractivity (Wildman–Crippen MR) is 65.4 cm³/mol. The molecule has 1 aliphatic carbocycles. The van der Waals surface area contributed by atoms with E-state index in [2.05, 4.69) is 56.3 Å². The highest BCUT2D eigenvalue weighted by atomic mass is 14.7. The van der Waals surface area contributed by atoms with Gasteiger partial charge in [0, 0.05) is 6.04 Å². The monoisotopic (exact) mass is 199 g/mol. The number of benzene rings is 1. The highest BCUT2D eigenvalue weighted by Crippen LogP contribution is 2.27. The van der Waals surface area contributed by atoms with Gasteiger partial charge in [0.15, 0.2) is 0 Å². The van der Waals surface area contributed by atoms with E-state index in [4.69, 9.17) is 5.73 Å². The molecule has 2 unspecified atom stereocenters. The molecule has 1 aromatic carbocycles. The zero-order valence-electron chi connectivity index (χ0n) is 9.27. The third-order valence-corrected chi connectivity index (χ3v) is 3.07. The van der Waals surface area contributed by atoms with Gasteiger partial charge in [-0.2, -0.15) is 0 Å². The number of aryl methyl sites for hydroxylation is 1. The molecule has 2 rings (SSSR count). The van der Waals surface area contributed by atoms with Crippen molar-refractivity contribution in [1.29, 1.82) is 0 Å². The summed E-state index contributed by atoms with van der Waals surface area (Å²) in [5.74, 6) is 0.421. The first kappa shape index (κ1) is 10.2. The summed E-state index contributed by atoms with van der Waals surface area (Å²) < 4.78 is 0. The van der Waals surface area contributed by atoms with E-state index in [1.807, 2.05) is 0 Å². The van der Waals surface area contributed by atoms with Crippen molar-refractivity contribution in [3.8, 4) is 0 Å². The van der Waals surface area contributed by atoms with Crippen molar-refractivity contribution in [2.45, 2.75) is 19.9 Å². The van der Waals surface area contributed by atoms with Crippen LogP contribution in [0.2, 0.25) is 0 Å². The zero-order valence-corrected chi connectivity index (χ0v) is 9.27. The Balaban J connectivity index is 2.43. The lowest BCUT2D eigenvalue weighted by molar-refractivity contribution is 0.638. The van der Waals surface area contributed by atoms with Crippen LogP contribution in [0.4, 0.5) is 0 Å². The molecule has 2 N–H and O–H groups in total. The lowest BCUT2D eigenvalue weighted by atomic mass is 9.85. The van der Waals surface area contributed by atoms with Crippen molar-refractivity contribution in [3.05, 3.63) is 53.6 Å². The minimum absolute atomic E-state index is 0.121. The van der Waals surface area contributed by atoms with Gasteiger partial charge in [0.25, 0.3) is 0 Å². The molecule has 2 atom stereocenters. The maximum Gasteiger partial charge on any atom is 0.0362 e. The molecule has 15 heavy (non-hydrogen) atoms. The largest absolute Gasteiger partial charge is 0.323 e. The third-order valence-electron chi connectivity index (χ3n) is 3.07. The minimum Gasteiger partial charge on any atom is -0.323 e. The normalized spacial score (nSPS) is 25.1. The van der Waals surface area contributed by atoms with Gasteiger partial charge in [-0.05, 0) is 29.5 Å². The quantitative estimate of drug-likeness (QED) is 0.739. The Morgan fingerprint density at radius 3 is 2.67 bits per heavy atom. The fraction of sp³-hybridized carbons (Fsp3) is 0.286. The lowest BCUT2D eigenvalue weighted by Crippen LogP contribution is -2.30. The summed E-state index contributed by atoms with van der Waals surface area (Å²) in [6.45, 7) is 4.29. The van der Waals surface area contributed by atoms with Crippen molar-refractivity contribution in [3.63, 3.8) is 0 Å². The molecule has 0 fully saturated rings. The summed E-state index contributed by atoms with van der Waals surface area (Å²) in [6, 6.07) is 8.53. The van der Waals surface area contributed by atoms with Crippen molar-refractivity contribution in [2.24, 2.45) is 11.7 Å². The van der Waals surface area contributed by atoms with Gasteiger partial charge in [0.2, 0.25) is 0 Å². The molecule has 0 aromatic heterocycles. The van der Waals surface area contributed by atoms with Crippen molar-refractivity contribution in [1.82, 2.24) is 0 Å². The van der Waals surface area contributed by atoms with E-state index < -0.39 is 0 Å². The average molecular weight is 199 g/mol. The summed E-state index contributed by atoms with van der Waals surface area (Å²) in [7, 11) is 0. The van der Waals surface area contributed by atoms with Gasteiger partial charge in [0.05, 0.1) is 0 Å². The van der Waals surface area contributed by atoms with Crippen molar-refractivity contribution in [2.75, 3.05) is 0 Å². The second-order valence-corrected chi connectivity index (χ2v) is 4.21. The van der Waals surface area contributed by atoms with E-state index in [9.17, 15) is 0 Å². The Hall–Kier alpha value is -1.34. The molecule has 78 valence electrons. The molecule has 1 aliphatic rings. The maximum atomic E-state index is 6.20. The first-order valence-electron chi connectivity index (χ1n) is 5.40. The van der Waals surface area contributed by atoms with Gasteiger partial charge < -0.3 is 5.73 Å². The van der Waals surface area contributed by atoms with Crippen LogP contribution >= 0.6 is 0 Å². The van der Waals surface area contributed by atoms with Crippen LogP contribution < -0.4 is 5.73 Å². The van der Waals surface area contributed by atoms with Gasteiger partial charge >= 0.3 is 0 Å². The number of nitrogens with two attached hydrogens (primary N) is 1. The number of hydrogen-bond acceptors (Lipinski definition) is 1. The molecule has 1 nitrogen and oxygen atoms in total. The second-order valence-electron chi connectivity index (χ2n) is 4.21. The fourth-order valence-corrected chi connectivity index (χ4v) is 2.01. The van der Waals surface area contributed by atoms with Gasteiger partial charge in [-0.1, -0.05) is 49.4 Å². The topological polar surface area (TPSA) is 26.0 Å². The summed E-state index contributed by atoms with van der Waals surface area (Å²) in [4.78, 5) is 0. The fourth-order valence-electron chi connectivity index (χ4n) is 2.01. The molecule has 0 spiro atoms. The van der Waals surface area contributed by atoms with Crippen LogP contribution in [-0.2, 0) is 0 Å². The van der Waals surface area contributed by atoms with E-state index in [1.54, 1.807) is 0 Å². The van der Waals surface area contributed by atoms with Gasteiger partial charge in [0.1, 0.15) is 0 Å². The van der Waals surface area contributed by atoms with Crippen molar-refractivity contribution < 1.29 is 0 Å². The highest BCUT2D eigenvalue weighted by molar-refractivity contribution is 5.74. The molecule has 0 saturated heterocycles. The Bertz CT molecular complexity index is 415. The van der Waals surface area contributed by atoms with Crippen molar-refractivity contribution >= 4 is 5.57 Å². The molecular formula is C14H17N.